The van der Waals surface area contributed by atoms with Gasteiger partial charge in [0.15, 0.2) is 0 Å². The lowest BCUT2D eigenvalue weighted by Crippen LogP contribution is -2.31. The number of nitrogens with zero attached hydrogens (tertiary/aromatic N) is 2. The molecule has 0 aliphatic heterocycles. The number of carbonyl (C=O) groups is 1. The highest BCUT2D eigenvalue weighted by Crippen LogP contribution is 2.24. The monoisotopic (exact) mass is 379 g/mol. The fraction of sp³-hybridized carbons (Fsp3) is 0.273. The molecule has 6 heteroatoms. The lowest BCUT2D eigenvalue weighted by atomic mass is 10.0. The second-order valence-corrected chi connectivity index (χ2v) is 6.48. The molecule has 2 aromatic carbocycles. The molecule has 1 heterocycles. The van der Waals surface area contributed by atoms with Crippen molar-refractivity contribution in [3.63, 3.8) is 0 Å². The Morgan fingerprint density at radius 1 is 1.11 bits per heavy atom. The molecule has 0 unspecified atom stereocenters. The average Bonchev–Trinajstić information content (AvgIpc) is 3.16. The number of methoxy groups -OCH3 is 2. The smallest absolute Gasteiger partial charge is 0.221 e. The van der Waals surface area contributed by atoms with Crippen LogP contribution in [-0.4, -0.2) is 29.7 Å². The van der Waals surface area contributed by atoms with Gasteiger partial charge in [-0.25, -0.2) is 4.98 Å². The van der Waals surface area contributed by atoms with Crippen LogP contribution in [0, 0.1) is 0 Å². The first-order valence-electron chi connectivity index (χ1n) is 9.14. The summed E-state index contributed by atoms with van der Waals surface area (Å²) in [4.78, 5) is 17.1. The van der Waals surface area contributed by atoms with Crippen molar-refractivity contribution in [3.8, 4) is 11.5 Å². The van der Waals surface area contributed by atoms with Crippen LogP contribution in [0.4, 0.5) is 0 Å². The molecule has 0 aliphatic rings. The number of benzene rings is 2. The van der Waals surface area contributed by atoms with Crippen LogP contribution in [0.2, 0.25) is 0 Å². The summed E-state index contributed by atoms with van der Waals surface area (Å²) >= 11 is 0. The van der Waals surface area contributed by atoms with E-state index in [0.29, 0.717) is 12.8 Å². The summed E-state index contributed by atoms with van der Waals surface area (Å²) in [5.41, 5.74) is 1.96. The number of imidazole rings is 1. The first kappa shape index (κ1) is 19.5. The Labute approximate surface area is 165 Å². The maximum Gasteiger partial charge on any atom is 0.221 e. The number of aromatic nitrogens is 2. The molecular weight excluding hydrogens is 354 g/mol. The van der Waals surface area contributed by atoms with Crippen LogP contribution < -0.4 is 14.8 Å². The molecule has 1 amide bonds. The summed E-state index contributed by atoms with van der Waals surface area (Å²) in [5.74, 6) is 2.29. The van der Waals surface area contributed by atoms with Crippen molar-refractivity contribution in [1.82, 2.24) is 14.9 Å². The minimum absolute atomic E-state index is 0.0466. The summed E-state index contributed by atoms with van der Waals surface area (Å²) in [5, 5.41) is 3.12. The Balaban J connectivity index is 1.75. The quantitative estimate of drug-likeness (QED) is 0.652. The zero-order valence-corrected chi connectivity index (χ0v) is 16.4. The molecule has 1 N–H and O–H groups in total. The van der Waals surface area contributed by atoms with Gasteiger partial charge in [-0.05, 0) is 35.7 Å². The van der Waals surface area contributed by atoms with Gasteiger partial charge in [0.25, 0.3) is 0 Å². The van der Waals surface area contributed by atoms with Crippen molar-refractivity contribution in [3.05, 3.63) is 77.9 Å². The maximum atomic E-state index is 12.7. The van der Waals surface area contributed by atoms with E-state index in [1.807, 2.05) is 66.3 Å². The lowest BCUT2D eigenvalue weighted by molar-refractivity contribution is -0.121. The van der Waals surface area contributed by atoms with Gasteiger partial charge in [-0.15, -0.1) is 0 Å². The highest BCUT2D eigenvalue weighted by molar-refractivity contribution is 5.77. The third kappa shape index (κ3) is 4.52. The van der Waals surface area contributed by atoms with Crippen molar-refractivity contribution in [2.45, 2.75) is 18.9 Å². The van der Waals surface area contributed by atoms with Gasteiger partial charge in [0.1, 0.15) is 23.4 Å². The third-order valence-corrected chi connectivity index (χ3v) is 4.69. The van der Waals surface area contributed by atoms with E-state index in [1.54, 1.807) is 20.4 Å². The molecule has 28 heavy (non-hydrogen) atoms. The molecule has 0 fully saturated rings. The highest BCUT2D eigenvalue weighted by Gasteiger charge is 2.21. The van der Waals surface area contributed by atoms with Gasteiger partial charge in [-0.1, -0.05) is 30.3 Å². The second kappa shape index (κ2) is 9.08. The van der Waals surface area contributed by atoms with Crippen LogP contribution in [0.1, 0.15) is 29.4 Å². The SMILES string of the molecule is COc1ccc([C@H](NC(=O)CCc2ccccc2OC)c2nccn2C)cc1. The molecule has 0 saturated heterocycles. The van der Waals surface area contributed by atoms with Gasteiger partial charge in [0.05, 0.1) is 14.2 Å². The summed E-state index contributed by atoms with van der Waals surface area (Å²) in [6.07, 6.45) is 4.56. The van der Waals surface area contributed by atoms with E-state index in [-0.39, 0.29) is 11.9 Å². The number of hydrogen-bond donors (Lipinski definition) is 1. The lowest BCUT2D eigenvalue weighted by Gasteiger charge is -2.19. The Morgan fingerprint density at radius 2 is 1.86 bits per heavy atom. The predicted octanol–water partition coefficient (Wildman–Crippen LogP) is 3.28. The number of hydrogen-bond acceptors (Lipinski definition) is 4. The molecule has 1 aromatic heterocycles. The fourth-order valence-electron chi connectivity index (χ4n) is 3.14. The van der Waals surface area contributed by atoms with Gasteiger partial charge in [-0.2, -0.15) is 0 Å². The maximum absolute atomic E-state index is 12.7. The molecule has 3 aromatic rings. The van der Waals surface area contributed by atoms with Crippen molar-refractivity contribution in [2.75, 3.05) is 14.2 Å². The standard InChI is InChI=1S/C22H25N3O3/c1-25-15-14-23-22(25)21(17-8-11-18(27-2)12-9-17)24-20(26)13-10-16-6-4-5-7-19(16)28-3/h4-9,11-12,14-15,21H,10,13H2,1-3H3,(H,24,26)/t21-/m0/s1. The number of carbonyl (C=O) groups excluding carboxylic acids is 1. The predicted molar refractivity (Wildman–Crippen MR) is 108 cm³/mol. The molecule has 0 bridgehead atoms. The minimum Gasteiger partial charge on any atom is -0.497 e. The van der Waals surface area contributed by atoms with Gasteiger partial charge in [-0.3, -0.25) is 4.79 Å². The van der Waals surface area contributed by atoms with Crippen molar-refractivity contribution < 1.29 is 14.3 Å². The van der Waals surface area contributed by atoms with Gasteiger partial charge in [0, 0.05) is 25.9 Å². The molecule has 0 spiro atoms. The summed E-state index contributed by atoms with van der Waals surface area (Å²) in [7, 11) is 5.18. The Hall–Kier alpha value is -3.28. The molecule has 6 nitrogen and oxygen atoms in total. The third-order valence-electron chi connectivity index (χ3n) is 4.69. The van der Waals surface area contributed by atoms with E-state index in [1.165, 1.54) is 0 Å². The molecule has 1 atom stereocenters. The van der Waals surface area contributed by atoms with E-state index in [0.717, 1.165) is 28.5 Å². The minimum atomic E-state index is -0.337. The molecular formula is C22H25N3O3. The van der Waals surface area contributed by atoms with Crippen LogP contribution >= 0.6 is 0 Å². The average molecular weight is 379 g/mol. The number of amides is 1. The van der Waals surface area contributed by atoms with Crippen LogP contribution in [0.15, 0.2) is 60.9 Å². The largest absolute Gasteiger partial charge is 0.497 e. The number of ether oxygens (including phenoxy) is 2. The van der Waals surface area contributed by atoms with E-state index in [9.17, 15) is 4.79 Å². The van der Waals surface area contributed by atoms with E-state index >= 15 is 0 Å². The van der Waals surface area contributed by atoms with Crippen LogP contribution in [-0.2, 0) is 18.3 Å². The van der Waals surface area contributed by atoms with E-state index < -0.39 is 0 Å². The number of rotatable bonds is 8. The Kier molecular flexibility index (Phi) is 6.32. The molecule has 3 rings (SSSR count). The Morgan fingerprint density at radius 3 is 2.50 bits per heavy atom. The summed E-state index contributed by atoms with van der Waals surface area (Å²) in [6, 6.07) is 15.1. The van der Waals surface area contributed by atoms with E-state index in [4.69, 9.17) is 9.47 Å². The molecule has 0 aliphatic carbocycles. The van der Waals surface area contributed by atoms with Gasteiger partial charge >= 0.3 is 0 Å². The molecule has 146 valence electrons. The summed E-state index contributed by atoms with van der Waals surface area (Å²) < 4.78 is 12.5. The van der Waals surface area contributed by atoms with Gasteiger partial charge < -0.3 is 19.4 Å². The number of para-hydroxylation sites is 1. The zero-order valence-electron chi connectivity index (χ0n) is 16.4. The molecule has 0 saturated carbocycles. The van der Waals surface area contributed by atoms with Crippen molar-refractivity contribution >= 4 is 5.91 Å². The molecule has 0 radical (unpaired) electrons. The van der Waals surface area contributed by atoms with Crippen LogP contribution in [0.25, 0.3) is 0 Å². The zero-order chi connectivity index (χ0) is 19.9. The summed E-state index contributed by atoms with van der Waals surface area (Å²) in [6.45, 7) is 0. The first-order valence-corrected chi connectivity index (χ1v) is 9.14. The van der Waals surface area contributed by atoms with Crippen molar-refractivity contribution in [1.29, 1.82) is 0 Å². The number of nitrogens with one attached hydrogen (secondary N) is 1. The fourth-order valence-corrected chi connectivity index (χ4v) is 3.14. The van der Waals surface area contributed by atoms with E-state index in [2.05, 4.69) is 10.3 Å². The number of aryl methyl sites for hydroxylation is 2. The van der Waals surface area contributed by atoms with Gasteiger partial charge in [0.2, 0.25) is 5.91 Å². The van der Waals surface area contributed by atoms with Crippen molar-refractivity contribution in [2.24, 2.45) is 7.05 Å². The topological polar surface area (TPSA) is 65.4 Å². The highest BCUT2D eigenvalue weighted by atomic mass is 16.5. The van der Waals surface area contributed by atoms with Crippen LogP contribution in [0.3, 0.4) is 0 Å². The second-order valence-electron chi connectivity index (χ2n) is 6.48. The Bertz CT molecular complexity index is 919. The first-order chi connectivity index (χ1) is 13.6. The van der Waals surface area contributed by atoms with Crippen LogP contribution in [0.5, 0.6) is 11.5 Å². The normalized spacial score (nSPS) is 11.7.